The van der Waals surface area contributed by atoms with Gasteiger partial charge in [0.1, 0.15) is 23.5 Å². The van der Waals surface area contributed by atoms with E-state index in [2.05, 4.69) is 36.9 Å². The van der Waals surface area contributed by atoms with Gasteiger partial charge in [-0.3, -0.25) is 4.79 Å². The molecule has 8 nitrogen and oxygen atoms in total. The highest BCUT2D eigenvalue weighted by Gasteiger charge is 2.35. The van der Waals surface area contributed by atoms with Gasteiger partial charge in [0.05, 0.1) is 12.1 Å². The Bertz CT molecular complexity index is 711. The number of rotatable bonds is 7. The van der Waals surface area contributed by atoms with Crippen molar-refractivity contribution in [3.05, 3.63) is 12.4 Å². The van der Waals surface area contributed by atoms with Crippen LogP contribution in [0, 0.1) is 11.3 Å². The van der Waals surface area contributed by atoms with Crippen molar-refractivity contribution in [3.63, 3.8) is 0 Å². The molecular formula is C20H31N7O. The summed E-state index contributed by atoms with van der Waals surface area (Å²) in [5.74, 6) is 1.62. The lowest BCUT2D eigenvalue weighted by Gasteiger charge is -2.33. The number of nitrogens with one attached hydrogen (secondary N) is 3. The van der Waals surface area contributed by atoms with Gasteiger partial charge in [-0.05, 0) is 32.6 Å². The first-order valence-electron chi connectivity index (χ1n) is 10.3. The summed E-state index contributed by atoms with van der Waals surface area (Å²) < 4.78 is 0. The van der Waals surface area contributed by atoms with Crippen molar-refractivity contribution >= 4 is 17.5 Å². The van der Waals surface area contributed by atoms with Crippen LogP contribution in [0.5, 0.6) is 0 Å². The zero-order chi connectivity index (χ0) is 20.0. The molecule has 2 unspecified atom stereocenters. The average molecular weight is 386 g/mol. The lowest BCUT2D eigenvalue weighted by atomic mass is 9.82. The van der Waals surface area contributed by atoms with E-state index in [0.717, 1.165) is 63.1 Å². The van der Waals surface area contributed by atoms with Crippen LogP contribution in [-0.2, 0) is 4.79 Å². The SMILES string of the molecule is CNc1cc(N2CCCC2CNC(C)C(=O)NC2(C#N)CCCCC2)ncn1. The van der Waals surface area contributed by atoms with E-state index < -0.39 is 5.54 Å². The number of hydrogen-bond donors (Lipinski definition) is 3. The molecule has 0 aromatic carbocycles. The van der Waals surface area contributed by atoms with Crippen molar-refractivity contribution in [2.24, 2.45) is 0 Å². The van der Waals surface area contributed by atoms with Crippen LogP contribution in [0.15, 0.2) is 12.4 Å². The summed E-state index contributed by atoms with van der Waals surface area (Å²) >= 11 is 0. The van der Waals surface area contributed by atoms with Gasteiger partial charge in [0.25, 0.3) is 0 Å². The van der Waals surface area contributed by atoms with E-state index in [0.29, 0.717) is 6.54 Å². The molecule has 0 radical (unpaired) electrons. The van der Waals surface area contributed by atoms with Crippen LogP contribution in [0.1, 0.15) is 51.9 Å². The van der Waals surface area contributed by atoms with E-state index in [1.54, 1.807) is 6.33 Å². The molecule has 28 heavy (non-hydrogen) atoms. The Labute approximate surface area is 167 Å². The predicted molar refractivity (Wildman–Crippen MR) is 109 cm³/mol. The first kappa shape index (κ1) is 20.3. The molecule has 1 amide bonds. The van der Waals surface area contributed by atoms with Crippen LogP contribution in [0.3, 0.4) is 0 Å². The van der Waals surface area contributed by atoms with E-state index in [-0.39, 0.29) is 18.0 Å². The van der Waals surface area contributed by atoms with Crippen LogP contribution < -0.4 is 20.9 Å². The molecule has 152 valence electrons. The fraction of sp³-hybridized carbons (Fsp3) is 0.700. The topological polar surface area (TPSA) is 106 Å². The Balaban J connectivity index is 1.55. The Hall–Kier alpha value is -2.40. The molecule has 1 saturated heterocycles. The summed E-state index contributed by atoms with van der Waals surface area (Å²) in [5, 5.41) is 19.0. The number of carbonyl (C=O) groups is 1. The molecule has 1 aromatic heterocycles. The Morgan fingerprint density at radius 3 is 2.86 bits per heavy atom. The molecule has 1 aromatic rings. The van der Waals surface area contributed by atoms with Gasteiger partial charge in [-0.2, -0.15) is 5.26 Å². The lowest BCUT2D eigenvalue weighted by molar-refractivity contribution is -0.124. The van der Waals surface area contributed by atoms with Crippen molar-refractivity contribution in [2.75, 3.05) is 30.4 Å². The fourth-order valence-corrected chi connectivity index (χ4v) is 4.16. The highest BCUT2D eigenvalue weighted by atomic mass is 16.2. The quantitative estimate of drug-likeness (QED) is 0.657. The molecule has 8 heteroatoms. The van der Waals surface area contributed by atoms with Gasteiger partial charge in [-0.25, -0.2) is 9.97 Å². The highest BCUT2D eigenvalue weighted by Crippen LogP contribution is 2.28. The number of anilines is 2. The zero-order valence-corrected chi connectivity index (χ0v) is 16.9. The second kappa shape index (κ2) is 9.20. The smallest absolute Gasteiger partial charge is 0.238 e. The maximum atomic E-state index is 12.6. The standard InChI is InChI=1S/C20H31N7O/c1-15(19(28)26-20(13-21)8-4-3-5-9-20)23-12-16-7-6-10-27(16)18-11-17(22-2)24-14-25-18/h11,14-16,23H,3-10,12H2,1-2H3,(H,26,28)(H,22,24,25). The summed E-state index contributed by atoms with van der Waals surface area (Å²) in [6.45, 7) is 3.52. The summed E-state index contributed by atoms with van der Waals surface area (Å²) in [5.41, 5.74) is -0.685. The fourth-order valence-electron chi connectivity index (χ4n) is 4.16. The van der Waals surface area contributed by atoms with Gasteiger partial charge >= 0.3 is 0 Å². The lowest BCUT2D eigenvalue weighted by Crippen LogP contribution is -2.55. The van der Waals surface area contributed by atoms with Crippen LogP contribution in [0.2, 0.25) is 0 Å². The molecule has 1 saturated carbocycles. The largest absolute Gasteiger partial charge is 0.373 e. The van der Waals surface area contributed by atoms with Crippen molar-refractivity contribution in [1.29, 1.82) is 5.26 Å². The normalized spacial score (nSPS) is 22.3. The van der Waals surface area contributed by atoms with Crippen LogP contribution in [-0.4, -0.2) is 53.6 Å². The second-order valence-corrected chi connectivity index (χ2v) is 7.87. The van der Waals surface area contributed by atoms with Crippen molar-refractivity contribution in [2.45, 2.75) is 69.5 Å². The predicted octanol–water partition coefficient (Wildman–Crippen LogP) is 1.81. The minimum atomic E-state index is -0.685. The summed E-state index contributed by atoms with van der Waals surface area (Å²) in [6.07, 6.45) is 8.38. The van der Waals surface area contributed by atoms with E-state index in [4.69, 9.17) is 0 Å². The van der Waals surface area contributed by atoms with Crippen LogP contribution >= 0.6 is 0 Å². The van der Waals surface area contributed by atoms with Gasteiger partial charge in [0.2, 0.25) is 5.91 Å². The maximum absolute atomic E-state index is 12.6. The molecule has 0 bridgehead atoms. The number of nitrogens with zero attached hydrogens (tertiary/aromatic N) is 4. The van der Waals surface area contributed by atoms with Gasteiger partial charge in [0, 0.05) is 32.2 Å². The molecule has 3 rings (SSSR count). The highest BCUT2D eigenvalue weighted by molar-refractivity contribution is 5.82. The molecule has 2 heterocycles. The zero-order valence-electron chi connectivity index (χ0n) is 16.9. The van der Waals surface area contributed by atoms with Crippen LogP contribution in [0.4, 0.5) is 11.6 Å². The number of amides is 1. The minimum Gasteiger partial charge on any atom is -0.373 e. The van der Waals surface area contributed by atoms with Gasteiger partial charge in [-0.1, -0.05) is 19.3 Å². The van der Waals surface area contributed by atoms with E-state index in [9.17, 15) is 10.1 Å². The Morgan fingerprint density at radius 2 is 2.14 bits per heavy atom. The number of carbonyl (C=O) groups excluding carboxylic acids is 1. The van der Waals surface area contributed by atoms with Crippen molar-refractivity contribution in [1.82, 2.24) is 20.6 Å². The number of nitriles is 1. The van der Waals surface area contributed by atoms with Gasteiger partial charge in [-0.15, -0.1) is 0 Å². The molecule has 3 N–H and O–H groups in total. The Kier molecular flexibility index (Phi) is 6.68. The minimum absolute atomic E-state index is 0.0903. The van der Waals surface area contributed by atoms with Crippen molar-refractivity contribution in [3.8, 4) is 6.07 Å². The molecular weight excluding hydrogens is 354 g/mol. The number of aromatic nitrogens is 2. The molecule has 2 fully saturated rings. The Morgan fingerprint density at radius 1 is 1.36 bits per heavy atom. The van der Waals surface area contributed by atoms with Crippen LogP contribution in [0.25, 0.3) is 0 Å². The molecule has 0 spiro atoms. The third-order valence-electron chi connectivity index (χ3n) is 5.92. The summed E-state index contributed by atoms with van der Waals surface area (Å²) in [4.78, 5) is 23.5. The summed E-state index contributed by atoms with van der Waals surface area (Å²) in [7, 11) is 1.84. The van der Waals surface area contributed by atoms with E-state index in [1.165, 1.54) is 0 Å². The third-order valence-corrected chi connectivity index (χ3v) is 5.92. The first-order chi connectivity index (χ1) is 13.6. The monoisotopic (exact) mass is 385 g/mol. The maximum Gasteiger partial charge on any atom is 0.238 e. The van der Waals surface area contributed by atoms with Gasteiger partial charge < -0.3 is 20.9 Å². The van der Waals surface area contributed by atoms with E-state index in [1.807, 2.05) is 20.0 Å². The molecule has 1 aliphatic carbocycles. The first-order valence-corrected chi connectivity index (χ1v) is 10.3. The molecule has 2 atom stereocenters. The second-order valence-electron chi connectivity index (χ2n) is 7.87. The third kappa shape index (κ3) is 4.71. The van der Waals surface area contributed by atoms with Crippen molar-refractivity contribution < 1.29 is 4.79 Å². The molecule has 2 aliphatic rings. The van der Waals surface area contributed by atoms with Gasteiger partial charge in [0.15, 0.2) is 0 Å². The average Bonchev–Trinajstić information content (AvgIpc) is 3.21. The summed E-state index contributed by atoms with van der Waals surface area (Å²) in [6, 6.07) is 4.25. The molecule has 1 aliphatic heterocycles. The van der Waals surface area contributed by atoms with E-state index >= 15 is 0 Å². The number of hydrogen-bond acceptors (Lipinski definition) is 7.